The van der Waals surface area contributed by atoms with Crippen LogP contribution in [0.3, 0.4) is 0 Å². The van der Waals surface area contributed by atoms with Gasteiger partial charge in [0.2, 0.25) is 5.91 Å². The molecule has 0 unspecified atom stereocenters. The van der Waals surface area contributed by atoms with Crippen LogP contribution < -0.4 is 21.1 Å². The van der Waals surface area contributed by atoms with Gasteiger partial charge in [-0.05, 0) is 97.3 Å². The first-order valence-electron chi connectivity index (χ1n) is 16.1. The number of rotatable bonds is 10. The van der Waals surface area contributed by atoms with E-state index in [4.69, 9.17) is 10.5 Å². The van der Waals surface area contributed by atoms with Crippen molar-refractivity contribution in [1.82, 2.24) is 9.88 Å². The van der Waals surface area contributed by atoms with E-state index < -0.39 is 22.0 Å². The number of nitrogen functional groups attached to an aromatic ring is 1. The van der Waals surface area contributed by atoms with Crippen molar-refractivity contribution in [3.8, 4) is 18.6 Å². The molecule has 11 nitrogen and oxygen atoms in total. The van der Waals surface area contributed by atoms with Crippen molar-refractivity contribution in [3.63, 3.8) is 0 Å². The molecule has 13 heteroatoms. The van der Waals surface area contributed by atoms with Gasteiger partial charge in [-0.25, -0.2) is 22.6 Å². The molecule has 1 fully saturated rings. The minimum Gasteiger partial charge on any atom is -0.491 e. The molecule has 4 aromatic rings. The summed E-state index contributed by atoms with van der Waals surface area (Å²) in [5.74, 6) is 0.286. The Balaban J connectivity index is 0.000000406. The highest BCUT2D eigenvalue weighted by molar-refractivity contribution is 7.91. The lowest BCUT2D eigenvalue weighted by Crippen LogP contribution is -2.35. The van der Waals surface area contributed by atoms with Gasteiger partial charge in [0, 0.05) is 29.5 Å². The third-order valence-corrected chi connectivity index (χ3v) is 9.83. The van der Waals surface area contributed by atoms with Gasteiger partial charge in [0.25, 0.3) is 0 Å². The van der Waals surface area contributed by atoms with E-state index in [0.717, 1.165) is 34.9 Å². The van der Waals surface area contributed by atoms with Gasteiger partial charge in [-0.15, -0.1) is 12.8 Å². The number of sulfone groups is 1. The molecule has 50 heavy (non-hydrogen) atoms. The van der Waals surface area contributed by atoms with Gasteiger partial charge in [0.1, 0.15) is 5.82 Å². The number of ether oxygens (including phenoxy) is 2. The number of pyridine rings is 1. The number of fused-ring (bicyclic) bond motifs is 1. The SMILES string of the molecule is C#C.CCOc1cc(CC)ccc1F.CCS(=O)(=O)c1ccc(NC(=O)OC)cc1[C@H]1CCCN1C(=O)CNc1ccc2c(N)nccc2c1. The van der Waals surface area contributed by atoms with E-state index in [9.17, 15) is 22.4 Å². The number of nitrogens with zero attached hydrogens (tertiary/aromatic N) is 2. The van der Waals surface area contributed by atoms with Crippen molar-refractivity contribution in [1.29, 1.82) is 0 Å². The molecule has 2 heterocycles. The molecule has 1 aliphatic heterocycles. The van der Waals surface area contributed by atoms with Crippen LogP contribution in [0.25, 0.3) is 10.8 Å². The highest BCUT2D eigenvalue weighted by Gasteiger charge is 2.33. The molecule has 0 radical (unpaired) electrons. The summed E-state index contributed by atoms with van der Waals surface area (Å²) >= 11 is 0. The first-order chi connectivity index (χ1) is 24.0. The van der Waals surface area contributed by atoms with Crippen LogP contribution in [0.1, 0.15) is 50.8 Å². The Morgan fingerprint density at radius 1 is 1.04 bits per heavy atom. The van der Waals surface area contributed by atoms with Gasteiger partial charge in [0.15, 0.2) is 21.4 Å². The standard InChI is InChI=1S/C25H29N5O5S.C10H13FO.C2H2/c1-3-36(33,34)22-9-7-18(29-25(32)35-2)14-20(22)21-5-4-12-30(21)23(31)15-28-17-6-8-19-16(13-17)10-11-27-24(19)26;1-3-8-5-6-9(11)10(7-8)12-4-2;1-2/h6-11,13-14,21,28H,3-5,12,15H2,1-2H3,(H2,26,27)(H,29,32);5-7H,3-4H2,1-2H3;1-2H/t21-;;/m1../s1. The summed E-state index contributed by atoms with van der Waals surface area (Å²) in [7, 11) is -2.31. The van der Waals surface area contributed by atoms with E-state index in [0.29, 0.717) is 42.4 Å². The molecule has 0 spiro atoms. The van der Waals surface area contributed by atoms with Gasteiger partial charge < -0.3 is 25.4 Å². The average Bonchev–Trinajstić information content (AvgIpc) is 3.63. The molecule has 1 aromatic heterocycles. The molecule has 1 atom stereocenters. The number of carbonyl (C=O) groups excluding carboxylic acids is 2. The Bertz CT molecular complexity index is 1920. The monoisotopic (exact) mass is 705 g/mol. The van der Waals surface area contributed by atoms with E-state index in [-0.39, 0.29) is 28.9 Å². The number of benzene rings is 3. The number of hydrogen-bond acceptors (Lipinski definition) is 9. The summed E-state index contributed by atoms with van der Waals surface area (Å²) in [5, 5.41) is 7.48. The van der Waals surface area contributed by atoms with Gasteiger partial charge in [-0.3, -0.25) is 10.1 Å². The molecule has 3 aromatic carbocycles. The number of carbonyl (C=O) groups is 2. The van der Waals surface area contributed by atoms with E-state index in [1.54, 1.807) is 36.2 Å². The third kappa shape index (κ3) is 9.85. The normalized spacial score (nSPS) is 13.7. The molecule has 0 saturated carbocycles. The second-order valence-corrected chi connectivity index (χ2v) is 13.3. The Kier molecular flexibility index (Phi) is 14.4. The first kappa shape index (κ1) is 39.1. The molecule has 1 saturated heterocycles. The van der Waals surface area contributed by atoms with Crippen molar-refractivity contribution in [2.75, 3.05) is 48.9 Å². The lowest BCUT2D eigenvalue weighted by Gasteiger charge is -2.27. The van der Waals surface area contributed by atoms with Crippen LogP contribution in [0.15, 0.2) is 71.8 Å². The lowest BCUT2D eigenvalue weighted by molar-refractivity contribution is -0.130. The number of hydrogen-bond donors (Lipinski definition) is 3. The van der Waals surface area contributed by atoms with Crippen molar-refractivity contribution < 1.29 is 31.9 Å². The molecule has 5 rings (SSSR count). The molecule has 4 N–H and O–H groups in total. The maximum absolute atomic E-state index is 13.3. The minimum absolute atomic E-state index is 0.0402. The zero-order chi connectivity index (χ0) is 36.8. The van der Waals surface area contributed by atoms with Crippen LogP contribution in [-0.2, 0) is 25.8 Å². The fourth-order valence-corrected chi connectivity index (χ4v) is 6.65. The van der Waals surface area contributed by atoms with Crippen LogP contribution in [0.5, 0.6) is 5.75 Å². The van der Waals surface area contributed by atoms with Crippen LogP contribution in [0.4, 0.5) is 26.4 Å². The van der Waals surface area contributed by atoms with Gasteiger partial charge in [-0.2, -0.15) is 0 Å². The number of likely N-dealkylation sites (tertiary alicyclic amines) is 1. The highest BCUT2D eigenvalue weighted by atomic mass is 32.2. The van der Waals surface area contributed by atoms with E-state index in [1.807, 2.05) is 38.1 Å². The summed E-state index contributed by atoms with van der Waals surface area (Å²) in [6, 6.07) is 16.6. The fraction of sp³-hybridized carbons (Fsp3) is 0.324. The molecule has 0 aliphatic carbocycles. The van der Waals surface area contributed by atoms with Gasteiger partial charge >= 0.3 is 6.09 Å². The van der Waals surface area contributed by atoms with Crippen molar-refractivity contribution >= 4 is 49.8 Å². The number of terminal acetylenes is 1. The summed E-state index contributed by atoms with van der Waals surface area (Å²) in [5.41, 5.74) is 8.66. The largest absolute Gasteiger partial charge is 0.491 e. The van der Waals surface area contributed by atoms with E-state index in [2.05, 4.69) is 33.2 Å². The van der Waals surface area contributed by atoms with Crippen LogP contribution in [0.2, 0.25) is 0 Å². The zero-order valence-corrected chi connectivity index (χ0v) is 29.6. The number of halogens is 1. The van der Waals surface area contributed by atoms with Gasteiger partial charge in [-0.1, -0.05) is 19.9 Å². The number of nitrogens with one attached hydrogen (secondary N) is 2. The van der Waals surface area contributed by atoms with Crippen molar-refractivity contribution in [3.05, 3.63) is 83.8 Å². The van der Waals surface area contributed by atoms with E-state index in [1.165, 1.54) is 25.3 Å². The Hall–Kier alpha value is -5.35. The second-order valence-electron chi connectivity index (χ2n) is 11.1. The second kappa shape index (κ2) is 18.4. The molecular formula is C37H44FN5O6S. The summed E-state index contributed by atoms with van der Waals surface area (Å²) in [6.07, 6.45) is 11.2. The maximum Gasteiger partial charge on any atom is 0.411 e. The molecule has 266 valence electrons. The number of aromatic nitrogens is 1. The number of anilines is 3. The predicted octanol–water partition coefficient (Wildman–Crippen LogP) is 6.60. The first-order valence-corrected chi connectivity index (χ1v) is 17.8. The highest BCUT2D eigenvalue weighted by Crippen LogP contribution is 2.37. The summed E-state index contributed by atoms with van der Waals surface area (Å²) < 4.78 is 48.4. The summed E-state index contributed by atoms with van der Waals surface area (Å²) in [6.45, 7) is 6.50. The van der Waals surface area contributed by atoms with E-state index >= 15 is 0 Å². The molecule has 2 amide bonds. The predicted molar refractivity (Wildman–Crippen MR) is 195 cm³/mol. The number of methoxy groups -OCH3 is 1. The lowest BCUT2D eigenvalue weighted by atomic mass is 10.0. The fourth-order valence-electron chi connectivity index (χ4n) is 5.51. The topological polar surface area (TPSA) is 153 Å². The smallest absolute Gasteiger partial charge is 0.411 e. The van der Waals surface area contributed by atoms with Gasteiger partial charge in [0.05, 0.1) is 37.0 Å². The number of nitrogens with two attached hydrogens (primary N) is 1. The quantitative estimate of drug-likeness (QED) is 0.155. The Labute approximate surface area is 293 Å². The van der Waals surface area contributed by atoms with Crippen LogP contribution >= 0.6 is 0 Å². The van der Waals surface area contributed by atoms with Crippen LogP contribution in [0, 0.1) is 18.7 Å². The van der Waals surface area contributed by atoms with Crippen LogP contribution in [-0.4, -0.2) is 62.9 Å². The zero-order valence-electron chi connectivity index (χ0n) is 28.7. The Morgan fingerprint density at radius 2 is 1.78 bits per heavy atom. The molecular weight excluding hydrogens is 662 g/mol. The average molecular weight is 706 g/mol. The Morgan fingerprint density at radius 3 is 2.46 bits per heavy atom. The summed E-state index contributed by atoms with van der Waals surface area (Å²) in [4.78, 5) is 30.9. The molecule has 1 aliphatic rings. The minimum atomic E-state index is -3.56. The molecule has 0 bridgehead atoms. The third-order valence-electron chi connectivity index (χ3n) is 8.03. The maximum atomic E-state index is 13.3. The van der Waals surface area contributed by atoms with Crippen molar-refractivity contribution in [2.24, 2.45) is 0 Å². The van der Waals surface area contributed by atoms with Crippen molar-refractivity contribution in [2.45, 2.75) is 51.0 Å². The number of aryl methyl sites for hydroxylation is 1. The number of amides is 2.